The Morgan fingerprint density at radius 1 is 1.36 bits per heavy atom. The number of allylic oxidation sites excluding steroid dienone is 2. The number of nitrogens with zero attached hydrogens (tertiary/aromatic N) is 5. The maximum absolute atomic E-state index is 11.9. The Kier molecular flexibility index (Phi) is 6.63. The second-order valence-corrected chi connectivity index (χ2v) is 11.3. The van der Waals surface area contributed by atoms with Crippen molar-refractivity contribution in [2.45, 2.75) is 39.0 Å². The zero-order valence-electron chi connectivity index (χ0n) is 18.7. The summed E-state index contributed by atoms with van der Waals surface area (Å²) in [6, 6.07) is 2.13. The fourth-order valence-corrected chi connectivity index (χ4v) is 6.27. The topological polar surface area (TPSA) is 87.5 Å². The summed E-state index contributed by atoms with van der Waals surface area (Å²) in [5, 5.41) is 4.43. The van der Waals surface area contributed by atoms with Crippen molar-refractivity contribution < 1.29 is 26.3 Å². The number of hydrogen-bond acceptors (Lipinski definition) is 7. The minimum absolute atomic E-state index is 0.0770. The van der Waals surface area contributed by atoms with Crippen molar-refractivity contribution in [2.24, 2.45) is 5.92 Å². The molecule has 0 aromatic carbocycles. The zero-order chi connectivity index (χ0) is 22.8. The molecule has 0 saturated carbocycles. The second kappa shape index (κ2) is 9.80. The van der Waals surface area contributed by atoms with Crippen LogP contribution in [0.15, 0.2) is 34.8 Å². The molecule has 0 bridgehead atoms. The normalized spacial score (nSPS) is 19.5. The van der Waals surface area contributed by atoms with Crippen LogP contribution >= 0.6 is 11.5 Å². The van der Waals surface area contributed by atoms with Crippen LogP contribution in [0.4, 0.5) is 10.8 Å². The van der Waals surface area contributed by atoms with Crippen LogP contribution in [0, 0.1) is 12.8 Å². The molecule has 10 heteroatoms. The number of rotatable bonds is 5. The van der Waals surface area contributed by atoms with E-state index in [4.69, 9.17) is 9.36 Å². The van der Waals surface area contributed by atoms with Crippen molar-refractivity contribution in [3.05, 3.63) is 51.9 Å². The number of amides is 1. The van der Waals surface area contributed by atoms with Gasteiger partial charge in [-0.1, -0.05) is 0 Å². The van der Waals surface area contributed by atoms with E-state index >= 15 is 0 Å². The van der Waals surface area contributed by atoms with Crippen molar-refractivity contribution >= 4 is 39.5 Å². The van der Waals surface area contributed by atoms with Crippen LogP contribution in [0.5, 0.6) is 0 Å². The molecule has 0 spiro atoms. The van der Waals surface area contributed by atoms with Crippen molar-refractivity contribution in [1.29, 1.82) is 0 Å². The van der Waals surface area contributed by atoms with Gasteiger partial charge in [-0.05, 0) is 25.2 Å². The van der Waals surface area contributed by atoms with Crippen molar-refractivity contribution in [2.75, 3.05) is 18.9 Å². The third-order valence-electron chi connectivity index (χ3n) is 6.09. The third kappa shape index (κ3) is 5.06. The first-order valence-electron chi connectivity index (χ1n) is 11.1. The van der Waals surface area contributed by atoms with Gasteiger partial charge in [0.1, 0.15) is 0 Å². The monoisotopic (exact) mass is 576 g/mol. The molecular formula is C23H27IN7OS-. The van der Waals surface area contributed by atoms with E-state index in [9.17, 15) is 4.79 Å². The first kappa shape index (κ1) is 22.3. The number of anilines is 2. The average Bonchev–Trinajstić information content (AvgIpc) is 3.43. The van der Waals surface area contributed by atoms with E-state index in [1.54, 1.807) is 0 Å². The molecule has 1 amide bonds. The molecule has 0 aliphatic carbocycles. The molecule has 1 atom stereocenters. The molecule has 0 radical (unpaired) electrons. The SMILES string of the molecule is Cc1cn2c(C3=CN[I-]C=C3)cnc2c(Nc2cc(CC3CCCC(=O)N(C)CC3)ns2)n1. The quantitative estimate of drug-likeness (QED) is 0.347. The van der Waals surface area contributed by atoms with Gasteiger partial charge in [-0.3, -0.25) is 4.79 Å². The Hall–Kier alpha value is -2.47. The molecule has 1 unspecified atom stereocenters. The van der Waals surface area contributed by atoms with Crippen molar-refractivity contribution in [3.63, 3.8) is 0 Å². The van der Waals surface area contributed by atoms with Gasteiger partial charge in [0.05, 0.1) is 0 Å². The number of halogens is 1. The van der Waals surface area contributed by atoms with Gasteiger partial charge < -0.3 is 4.90 Å². The minimum atomic E-state index is -0.0770. The summed E-state index contributed by atoms with van der Waals surface area (Å²) in [4.78, 5) is 23.1. The summed E-state index contributed by atoms with van der Waals surface area (Å²) in [5.41, 5.74) is 4.98. The van der Waals surface area contributed by atoms with E-state index < -0.39 is 0 Å². The molecule has 33 heavy (non-hydrogen) atoms. The van der Waals surface area contributed by atoms with Gasteiger partial charge in [0.2, 0.25) is 5.91 Å². The Morgan fingerprint density at radius 2 is 2.27 bits per heavy atom. The zero-order valence-corrected chi connectivity index (χ0v) is 21.7. The summed E-state index contributed by atoms with van der Waals surface area (Å²) in [5.74, 6) is 1.56. The average molecular weight is 576 g/mol. The number of aromatic nitrogens is 4. The number of fused-ring (bicyclic) bond motifs is 1. The van der Waals surface area contributed by atoms with Crippen LogP contribution in [-0.2, 0) is 11.2 Å². The van der Waals surface area contributed by atoms with Crippen LogP contribution in [0.25, 0.3) is 11.2 Å². The Bertz CT molecular complexity index is 1230. The van der Waals surface area contributed by atoms with E-state index in [1.807, 2.05) is 31.3 Å². The number of carbonyl (C=O) groups excluding carboxylic acids is 1. The number of nitrogens with one attached hydrogen (secondary N) is 2. The summed E-state index contributed by atoms with van der Waals surface area (Å²) in [6.45, 7) is 2.83. The van der Waals surface area contributed by atoms with Gasteiger partial charge in [-0.15, -0.1) is 0 Å². The van der Waals surface area contributed by atoms with E-state index in [0.29, 0.717) is 12.3 Å². The standard InChI is InChI=1S/C23H27IN7OS/c1-15-14-31-19(17-6-8-24-26-12-17)13-25-23(31)22(27-15)28-20-11-18(29-33-20)10-16-4-3-5-21(32)30(2)9-7-16/h6,8,11-14,16,26H,3-5,7,9-10H2,1-2H3,(H,27,28)/q-1. The van der Waals surface area contributed by atoms with Crippen LogP contribution in [0.2, 0.25) is 0 Å². The second-order valence-electron chi connectivity index (χ2n) is 8.55. The van der Waals surface area contributed by atoms with Gasteiger partial charge in [-0.2, -0.15) is 0 Å². The predicted octanol–water partition coefficient (Wildman–Crippen LogP) is 0.891. The number of aryl methyl sites for hydroxylation is 1. The molecule has 1 fully saturated rings. The summed E-state index contributed by atoms with van der Waals surface area (Å²) < 4.78 is 12.4. The molecule has 2 aliphatic rings. The third-order valence-corrected chi connectivity index (χ3v) is 8.22. The molecular weight excluding hydrogens is 549 g/mol. The summed E-state index contributed by atoms with van der Waals surface area (Å²) in [7, 11) is 1.91. The Labute approximate surface area is 208 Å². The fraction of sp³-hybridized carbons (Fsp3) is 0.391. The molecule has 3 aromatic rings. The Morgan fingerprint density at radius 3 is 3.12 bits per heavy atom. The van der Waals surface area contributed by atoms with E-state index in [0.717, 1.165) is 71.3 Å². The molecule has 8 nitrogen and oxygen atoms in total. The van der Waals surface area contributed by atoms with Crippen LogP contribution < -0.4 is 30.3 Å². The van der Waals surface area contributed by atoms with Crippen LogP contribution in [0.3, 0.4) is 0 Å². The molecule has 2 aliphatic heterocycles. The van der Waals surface area contributed by atoms with Gasteiger partial charge in [0.15, 0.2) is 0 Å². The first-order chi connectivity index (χ1) is 16.1. The molecule has 5 heterocycles. The maximum atomic E-state index is 11.9. The van der Waals surface area contributed by atoms with E-state index in [1.165, 1.54) is 11.5 Å². The number of likely N-dealkylation sites (tertiary alicyclic amines) is 1. The van der Waals surface area contributed by atoms with Gasteiger partial charge >= 0.3 is 148 Å². The predicted molar refractivity (Wildman–Crippen MR) is 127 cm³/mol. The molecule has 2 N–H and O–H groups in total. The number of imidazole rings is 1. The number of hydrogen-bond donors (Lipinski definition) is 2. The van der Waals surface area contributed by atoms with Crippen LogP contribution in [-0.4, -0.2) is 43.1 Å². The van der Waals surface area contributed by atoms with E-state index in [-0.39, 0.29) is 27.4 Å². The van der Waals surface area contributed by atoms with Crippen LogP contribution in [0.1, 0.15) is 42.8 Å². The van der Waals surface area contributed by atoms with E-state index in [2.05, 4.69) is 40.7 Å². The molecule has 1 saturated heterocycles. The molecule has 174 valence electrons. The van der Waals surface area contributed by atoms with Gasteiger partial charge in [0, 0.05) is 20.0 Å². The fourth-order valence-electron chi connectivity index (χ4n) is 4.30. The van der Waals surface area contributed by atoms with Gasteiger partial charge in [0.25, 0.3) is 0 Å². The molecule has 3 aromatic heterocycles. The number of carbonyl (C=O) groups is 1. The first-order valence-corrected chi connectivity index (χ1v) is 14.2. The van der Waals surface area contributed by atoms with Gasteiger partial charge in [-0.25, -0.2) is 0 Å². The summed E-state index contributed by atoms with van der Waals surface area (Å²) in [6.07, 6.45) is 12.8. The van der Waals surface area contributed by atoms with Crippen molar-refractivity contribution in [1.82, 2.24) is 27.2 Å². The Balaban J connectivity index is 1.32. The van der Waals surface area contributed by atoms with Crippen molar-refractivity contribution in [3.8, 4) is 0 Å². The summed E-state index contributed by atoms with van der Waals surface area (Å²) >= 11 is 1.38. The molecule has 5 rings (SSSR count).